The van der Waals surface area contributed by atoms with Gasteiger partial charge in [-0.25, -0.2) is 9.49 Å². The van der Waals surface area contributed by atoms with Crippen LogP contribution in [0.5, 0.6) is 0 Å². The molecule has 0 bridgehead atoms. The van der Waals surface area contributed by atoms with Crippen molar-refractivity contribution in [3.05, 3.63) is 75.5 Å². The van der Waals surface area contributed by atoms with E-state index in [1.807, 2.05) is 17.0 Å². The number of piperazine rings is 2. The van der Waals surface area contributed by atoms with Crippen LogP contribution in [0.3, 0.4) is 0 Å². The first-order valence-electron chi connectivity index (χ1n) is 20.4. The van der Waals surface area contributed by atoms with Crippen molar-refractivity contribution in [3.63, 3.8) is 0 Å². The number of benzene rings is 2. The molecule has 0 radical (unpaired) electrons. The van der Waals surface area contributed by atoms with E-state index in [2.05, 4.69) is 38.7 Å². The minimum Gasteiger partial charge on any atom is -0.338 e. The van der Waals surface area contributed by atoms with E-state index >= 15 is 4.39 Å². The Morgan fingerprint density at radius 3 is 2.20 bits per heavy atom. The summed E-state index contributed by atoms with van der Waals surface area (Å²) < 4.78 is 15.0. The highest BCUT2D eigenvalue weighted by atomic mass is 19.1. The average molecular weight is 757 g/mol. The van der Waals surface area contributed by atoms with Crippen molar-refractivity contribution in [2.24, 2.45) is 17.6 Å². The number of hydrogen-bond donors (Lipinski definition) is 2. The molecular weight excluding hydrogens is 700 g/mol. The Hall–Kier alpha value is -4.20. The SMILES string of the molecule is C[C@@H]1CN(CC2CCN(CC(=O)N3CCN(C(=O)c4cc(Cc5n[nH]c(=O)c6ccccc56)ccc4F)CC3)CC2)C[C@@H](C)N1C(=O)[C@H](N)C1CCCCC1. The Kier molecular flexibility index (Phi) is 12.3. The van der Waals surface area contributed by atoms with Crippen LogP contribution in [0, 0.1) is 17.7 Å². The lowest BCUT2D eigenvalue weighted by molar-refractivity contribution is -0.142. The highest BCUT2D eigenvalue weighted by Crippen LogP contribution is 2.29. The molecule has 13 heteroatoms. The maximum Gasteiger partial charge on any atom is 0.272 e. The molecule has 3 aliphatic heterocycles. The lowest BCUT2D eigenvalue weighted by atomic mass is 9.83. The van der Waals surface area contributed by atoms with Gasteiger partial charge in [-0.1, -0.05) is 43.5 Å². The largest absolute Gasteiger partial charge is 0.338 e. The molecule has 3 saturated heterocycles. The predicted octanol–water partition coefficient (Wildman–Crippen LogP) is 3.48. The number of amides is 3. The summed E-state index contributed by atoms with van der Waals surface area (Å²) in [4.78, 5) is 62.8. The molecule has 296 valence electrons. The number of aromatic nitrogens is 2. The summed E-state index contributed by atoms with van der Waals surface area (Å²) in [6.45, 7) is 10.7. The number of carbonyl (C=O) groups excluding carboxylic acids is 3. The van der Waals surface area contributed by atoms with Crippen molar-refractivity contribution in [3.8, 4) is 0 Å². The molecule has 4 fully saturated rings. The Morgan fingerprint density at radius 2 is 1.51 bits per heavy atom. The van der Waals surface area contributed by atoms with E-state index in [0.717, 1.165) is 58.4 Å². The molecule has 55 heavy (non-hydrogen) atoms. The number of aromatic amines is 1. The van der Waals surface area contributed by atoms with Crippen LogP contribution in [0.15, 0.2) is 47.3 Å². The topological polar surface area (TPSA) is 139 Å². The minimum atomic E-state index is -0.592. The molecular formula is C42H57FN8O4. The first kappa shape index (κ1) is 39.1. The molecule has 4 aliphatic rings. The summed E-state index contributed by atoms with van der Waals surface area (Å²) >= 11 is 0. The monoisotopic (exact) mass is 756 g/mol. The number of carbonyl (C=O) groups is 3. The summed E-state index contributed by atoms with van der Waals surface area (Å²) in [5, 5.41) is 8.00. The highest BCUT2D eigenvalue weighted by molar-refractivity contribution is 5.95. The molecule has 4 heterocycles. The van der Waals surface area contributed by atoms with Crippen molar-refractivity contribution in [2.75, 3.05) is 65.4 Å². The van der Waals surface area contributed by atoms with Crippen LogP contribution in [-0.2, 0) is 16.0 Å². The van der Waals surface area contributed by atoms with Gasteiger partial charge in [-0.3, -0.25) is 29.0 Å². The lowest BCUT2D eigenvalue weighted by Crippen LogP contribution is -2.63. The second-order valence-electron chi connectivity index (χ2n) is 16.5. The van der Waals surface area contributed by atoms with Crippen LogP contribution in [0.4, 0.5) is 4.39 Å². The minimum absolute atomic E-state index is 0.00739. The number of halogens is 1. The number of likely N-dealkylation sites (tertiary alicyclic amines) is 1. The van der Waals surface area contributed by atoms with Crippen LogP contribution < -0.4 is 11.3 Å². The van der Waals surface area contributed by atoms with Crippen molar-refractivity contribution >= 4 is 28.5 Å². The molecule has 12 nitrogen and oxygen atoms in total. The van der Waals surface area contributed by atoms with Gasteiger partial charge in [0.1, 0.15) is 5.82 Å². The fourth-order valence-corrected chi connectivity index (χ4v) is 9.54. The maximum atomic E-state index is 15.0. The van der Waals surface area contributed by atoms with Crippen LogP contribution in [0.2, 0.25) is 0 Å². The normalized spacial score (nSPS) is 22.9. The molecule has 3 N–H and O–H groups in total. The van der Waals surface area contributed by atoms with Crippen LogP contribution in [0.25, 0.3) is 10.8 Å². The molecule has 7 rings (SSSR count). The molecule has 3 amide bonds. The fraction of sp³-hybridized carbons (Fsp3) is 0.595. The summed E-state index contributed by atoms with van der Waals surface area (Å²) in [7, 11) is 0. The quantitative estimate of drug-likeness (QED) is 0.339. The number of rotatable bonds is 9. The molecule has 3 aromatic rings. The zero-order chi connectivity index (χ0) is 38.6. The number of H-pyrrole nitrogens is 1. The van der Waals surface area contributed by atoms with Crippen LogP contribution in [-0.4, -0.2) is 136 Å². The van der Waals surface area contributed by atoms with Gasteiger partial charge in [0.2, 0.25) is 11.8 Å². The number of piperidine rings is 1. The third kappa shape index (κ3) is 8.94. The van der Waals surface area contributed by atoms with Crippen LogP contribution >= 0.6 is 0 Å². The van der Waals surface area contributed by atoms with Crippen molar-refractivity contribution in [2.45, 2.75) is 83.3 Å². The van der Waals surface area contributed by atoms with Crippen molar-refractivity contribution in [1.82, 2.24) is 34.7 Å². The smallest absolute Gasteiger partial charge is 0.272 e. The zero-order valence-corrected chi connectivity index (χ0v) is 32.4. The van der Waals surface area contributed by atoms with Gasteiger partial charge in [-0.15, -0.1) is 0 Å². The molecule has 1 aliphatic carbocycles. The molecule has 2 aromatic carbocycles. The van der Waals surface area contributed by atoms with E-state index in [1.54, 1.807) is 29.2 Å². The summed E-state index contributed by atoms with van der Waals surface area (Å²) in [6.07, 6.45) is 8.12. The number of nitrogens with two attached hydrogens (primary N) is 1. The molecule has 0 unspecified atom stereocenters. The first-order chi connectivity index (χ1) is 26.5. The zero-order valence-electron chi connectivity index (χ0n) is 32.4. The Labute approximate surface area is 323 Å². The Balaban J connectivity index is 0.846. The summed E-state index contributed by atoms with van der Waals surface area (Å²) in [6, 6.07) is 11.6. The van der Waals surface area contributed by atoms with Gasteiger partial charge in [-0.2, -0.15) is 5.10 Å². The maximum absolute atomic E-state index is 15.0. The van der Waals surface area contributed by atoms with E-state index in [0.29, 0.717) is 73.0 Å². The number of nitrogens with one attached hydrogen (secondary N) is 1. The number of fused-ring (bicyclic) bond motifs is 1. The molecule has 0 spiro atoms. The lowest BCUT2D eigenvalue weighted by Gasteiger charge is -2.47. The third-order valence-corrected chi connectivity index (χ3v) is 12.6. The van der Waals surface area contributed by atoms with Gasteiger partial charge in [0.05, 0.1) is 29.2 Å². The molecule has 3 atom stereocenters. The summed E-state index contributed by atoms with van der Waals surface area (Å²) in [5.41, 5.74) is 7.60. The van der Waals surface area contributed by atoms with Gasteiger partial charge in [-0.05, 0) is 88.2 Å². The number of nitrogens with zero attached hydrogens (tertiary/aromatic N) is 6. The Morgan fingerprint density at radius 1 is 0.855 bits per heavy atom. The summed E-state index contributed by atoms with van der Waals surface area (Å²) in [5.74, 6) is 0.0710. The second-order valence-corrected chi connectivity index (χ2v) is 16.5. The van der Waals surface area contributed by atoms with Gasteiger partial charge in [0, 0.05) is 69.7 Å². The highest BCUT2D eigenvalue weighted by Gasteiger charge is 2.38. The fourth-order valence-electron chi connectivity index (χ4n) is 9.54. The predicted molar refractivity (Wildman–Crippen MR) is 210 cm³/mol. The number of hydrogen-bond acceptors (Lipinski definition) is 8. The standard InChI is InChI=1S/C42H57FN8O4/c1-28-24-48(25-29(2)51(28)42(55)39(44)32-8-4-3-5-9-32)26-30-14-16-47(17-15-30)27-38(52)49-18-20-50(21-19-49)41(54)35-22-31(12-13-36(35)43)23-37-33-10-6-7-11-34(33)40(53)46-45-37/h6-7,10-13,22,28-30,32,39H,3-5,8-9,14-21,23-27,44H2,1-2H3,(H,46,53)/t28-,29-,39-/m1/s1. The van der Waals surface area contributed by atoms with Gasteiger partial charge in [0.25, 0.3) is 11.5 Å². The van der Waals surface area contributed by atoms with Crippen LogP contribution in [0.1, 0.15) is 80.4 Å². The first-order valence-corrected chi connectivity index (χ1v) is 20.4. The molecule has 1 saturated carbocycles. The van der Waals surface area contributed by atoms with Gasteiger partial charge in [0.15, 0.2) is 0 Å². The van der Waals surface area contributed by atoms with Crippen molar-refractivity contribution in [1.29, 1.82) is 0 Å². The van der Waals surface area contributed by atoms with E-state index in [4.69, 9.17) is 5.73 Å². The Bertz CT molecular complexity index is 1890. The van der Waals surface area contributed by atoms with E-state index in [9.17, 15) is 19.2 Å². The average Bonchev–Trinajstić information content (AvgIpc) is 3.20. The molecule has 1 aromatic heterocycles. The van der Waals surface area contributed by atoms with E-state index < -0.39 is 11.7 Å². The van der Waals surface area contributed by atoms with Gasteiger partial charge < -0.3 is 20.4 Å². The third-order valence-electron chi connectivity index (χ3n) is 12.6. The second kappa shape index (κ2) is 17.3. The van der Waals surface area contributed by atoms with Gasteiger partial charge >= 0.3 is 0 Å². The van der Waals surface area contributed by atoms with E-state index in [-0.39, 0.29) is 41.1 Å². The van der Waals surface area contributed by atoms with E-state index in [1.165, 1.54) is 25.3 Å². The van der Waals surface area contributed by atoms with Crippen molar-refractivity contribution < 1.29 is 18.8 Å².